The van der Waals surface area contributed by atoms with Crippen molar-refractivity contribution in [3.05, 3.63) is 28.2 Å². The van der Waals surface area contributed by atoms with Gasteiger partial charge in [-0.15, -0.1) is 0 Å². The molecule has 30 heavy (non-hydrogen) atoms. The van der Waals surface area contributed by atoms with Gasteiger partial charge in [0.1, 0.15) is 0 Å². The number of rotatable bonds is 7. The highest BCUT2D eigenvalue weighted by Crippen LogP contribution is 2.33. The summed E-state index contributed by atoms with van der Waals surface area (Å²) in [7, 11) is 0. The van der Waals surface area contributed by atoms with Gasteiger partial charge in [-0.3, -0.25) is 4.90 Å². The van der Waals surface area contributed by atoms with Gasteiger partial charge in [0.25, 0.3) is 0 Å². The van der Waals surface area contributed by atoms with Crippen molar-refractivity contribution in [2.45, 2.75) is 52.0 Å². The van der Waals surface area contributed by atoms with Crippen LogP contribution in [-0.2, 0) is 0 Å². The molecule has 5 nitrogen and oxygen atoms in total. The van der Waals surface area contributed by atoms with Crippen LogP contribution in [0.5, 0.6) is 0 Å². The van der Waals surface area contributed by atoms with Crippen LogP contribution in [0, 0.1) is 5.92 Å². The third kappa shape index (κ3) is 6.18. The molecule has 0 unspecified atom stereocenters. The van der Waals surface area contributed by atoms with Gasteiger partial charge in [0.05, 0.1) is 15.7 Å². The molecule has 168 valence electrons. The summed E-state index contributed by atoms with van der Waals surface area (Å²) in [5.74, 6) is 0.784. The summed E-state index contributed by atoms with van der Waals surface area (Å²) in [6, 6.07) is 6.31. The molecule has 1 aromatic carbocycles. The van der Waals surface area contributed by atoms with E-state index in [1.165, 1.54) is 19.3 Å². The summed E-state index contributed by atoms with van der Waals surface area (Å²) in [4.78, 5) is 19.0. The number of carbonyl (C=O) groups excluding carboxylic acids is 1. The molecule has 0 spiro atoms. The summed E-state index contributed by atoms with van der Waals surface area (Å²) >= 11 is 12.6. The molecule has 1 aliphatic carbocycles. The number of hydrogen-bond donors (Lipinski definition) is 1. The van der Waals surface area contributed by atoms with Crippen LogP contribution in [0.3, 0.4) is 0 Å². The second-order valence-corrected chi connectivity index (χ2v) is 9.31. The number of piperazine rings is 1. The molecular weight excluding hydrogens is 419 g/mol. The summed E-state index contributed by atoms with van der Waals surface area (Å²) in [5.41, 5.74) is 1.05. The van der Waals surface area contributed by atoms with Gasteiger partial charge in [-0.1, -0.05) is 29.3 Å². The highest BCUT2D eigenvalue weighted by Gasteiger charge is 2.25. The third-order valence-electron chi connectivity index (χ3n) is 6.72. The first-order valence-electron chi connectivity index (χ1n) is 11.5. The van der Waals surface area contributed by atoms with Crippen molar-refractivity contribution in [1.82, 2.24) is 15.1 Å². The number of nitrogens with zero attached hydrogens (tertiary/aromatic N) is 3. The number of amides is 2. The minimum absolute atomic E-state index is 0.0983. The van der Waals surface area contributed by atoms with E-state index >= 15 is 0 Å². The predicted molar refractivity (Wildman–Crippen MR) is 127 cm³/mol. The van der Waals surface area contributed by atoms with E-state index < -0.39 is 0 Å². The quantitative estimate of drug-likeness (QED) is 0.621. The first kappa shape index (κ1) is 23.5. The van der Waals surface area contributed by atoms with Crippen molar-refractivity contribution in [2.24, 2.45) is 5.92 Å². The largest absolute Gasteiger partial charge is 0.368 e. The molecule has 2 amide bonds. The first-order chi connectivity index (χ1) is 14.5. The van der Waals surface area contributed by atoms with Gasteiger partial charge in [-0.2, -0.15) is 0 Å². The van der Waals surface area contributed by atoms with Crippen LogP contribution in [0.4, 0.5) is 10.5 Å². The van der Waals surface area contributed by atoms with E-state index in [9.17, 15) is 4.79 Å². The number of hydrogen-bond acceptors (Lipinski definition) is 3. The average Bonchev–Trinajstić information content (AvgIpc) is 2.76. The van der Waals surface area contributed by atoms with Gasteiger partial charge >= 0.3 is 6.03 Å². The van der Waals surface area contributed by atoms with Gasteiger partial charge in [0.2, 0.25) is 0 Å². The van der Waals surface area contributed by atoms with Gasteiger partial charge in [-0.25, -0.2) is 4.79 Å². The fourth-order valence-corrected chi connectivity index (χ4v) is 5.10. The lowest BCUT2D eigenvalue weighted by molar-refractivity contribution is 0.185. The van der Waals surface area contributed by atoms with E-state index in [2.05, 4.69) is 21.2 Å². The van der Waals surface area contributed by atoms with Crippen LogP contribution in [0.1, 0.15) is 46.0 Å². The smallest absolute Gasteiger partial charge is 0.317 e. The Morgan fingerprint density at radius 2 is 1.73 bits per heavy atom. The Morgan fingerprint density at radius 1 is 1.07 bits per heavy atom. The molecule has 0 bridgehead atoms. The number of benzene rings is 1. The number of carbonyl (C=O) groups is 1. The van der Waals surface area contributed by atoms with Crippen LogP contribution in [0.15, 0.2) is 18.2 Å². The van der Waals surface area contributed by atoms with E-state index in [1.807, 2.05) is 30.9 Å². The fraction of sp³-hybridized carbons (Fsp3) is 0.696. The van der Waals surface area contributed by atoms with E-state index in [-0.39, 0.29) is 6.03 Å². The summed E-state index contributed by atoms with van der Waals surface area (Å²) in [6.07, 6.45) is 5.93. The Bertz CT molecular complexity index is 682. The molecule has 1 heterocycles. The Morgan fingerprint density at radius 3 is 2.37 bits per heavy atom. The molecule has 1 saturated heterocycles. The molecule has 0 atom stereocenters. The van der Waals surface area contributed by atoms with Crippen LogP contribution < -0.4 is 10.2 Å². The van der Waals surface area contributed by atoms with Crippen molar-refractivity contribution in [2.75, 3.05) is 50.7 Å². The normalized spacial score (nSPS) is 22.7. The molecule has 0 aromatic heterocycles. The minimum Gasteiger partial charge on any atom is -0.368 e. The molecule has 7 heteroatoms. The predicted octanol–water partition coefficient (Wildman–Crippen LogP) is 5.12. The zero-order chi connectivity index (χ0) is 21.5. The lowest BCUT2D eigenvalue weighted by Crippen LogP contribution is -2.47. The SMILES string of the molecule is CCN(CC)C(=O)NC1CCC(CCN2CCN(c3cccc(Cl)c3Cl)CC2)CC1. The Balaban J connectivity index is 1.35. The number of urea groups is 1. The zero-order valence-electron chi connectivity index (χ0n) is 18.4. The van der Waals surface area contributed by atoms with Crippen LogP contribution >= 0.6 is 23.2 Å². The second-order valence-electron chi connectivity index (χ2n) is 8.53. The Labute approximate surface area is 191 Å². The Kier molecular flexibility index (Phi) is 8.97. The highest BCUT2D eigenvalue weighted by molar-refractivity contribution is 6.43. The van der Waals surface area contributed by atoms with E-state index in [1.54, 1.807) is 0 Å². The van der Waals surface area contributed by atoms with Gasteiger partial charge in [-0.05, 0) is 70.5 Å². The summed E-state index contributed by atoms with van der Waals surface area (Å²) in [5, 5.41) is 4.52. The van der Waals surface area contributed by atoms with Gasteiger partial charge < -0.3 is 15.1 Å². The van der Waals surface area contributed by atoms with Crippen molar-refractivity contribution in [3.63, 3.8) is 0 Å². The maximum absolute atomic E-state index is 12.2. The second kappa shape index (κ2) is 11.4. The number of nitrogens with one attached hydrogen (secondary N) is 1. The third-order valence-corrected chi connectivity index (χ3v) is 7.53. The van der Waals surface area contributed by atoms with Crippen molar-refractivity contribution in [1.29, 1.82) is 0 Å². The molecular formula is C23H36Cl2N4O. The van der Waals surface area contributed by atoms with E-state index in [0.717, 1.165) is 70.3 Å². The molecule has 0 radical (unpaired) electrons. The zero-order valence-corrected chi connectivity index (χ0v) is 19.9. The standard InChI is InChI=1S/C23H36Cl2N4O/c1-3-28(4-2)23(30)26-19-10-8-18(9-11-19)12-13-27-14-16-29(17-15-27)21-7-5-6-20(24)22(21)25/h5-7,18-19H,3-4,8-17H2,1-2H3,(H,26,30). The summed E-state index contributed by atoms with van der Waals surface area (Å²) in [6.45, 7) is 10.9. The highest BCUT2D eigenvalue weighted by atomic mass is 35.5. The lowest BCUT2D eigenvalue weighted by Gasteiger charge is -2.37. The van der Waals surface area contributed by atoms with Crippen molar-refractivity contribution < 1.29 is 4.79 Å². The topological polar surface area (TPSA) is 38.8 Å². The Hall–Kier alpha value is -1.17. The number of halogens is 2. The lowest BCUT2D eigenvalue weighted by atomic mass is 9.84. The monoisotopic (exact) mass is 454 g/mol. The van der Waals surface area contributed by atoms with E-state index in [4.69, 9.17) is 23.2 Å². The average molecular weight is 455 g/mol. The van der Waals surface area contributed by atoms with Crippen molar-refractivity contribution >= 4 is 34.9 Å². The molecule has 1 saturated carbocycles. The minimum atomic E-state index is 0.0983. The van der Waals surface area contributed by atoms with E-state index in [0.29, 0.717) is 16.1 Å². The molecule has 1 aliphatic heterocycles. The van der Waals surface area contributed by atoms with Crippen LogP contribution in [0.2, 0.25) is 10.0 Å². The maximum atomic E-state index is 12.2. The summed E-state index contributed by atoms with van der Waals surface area (Å²) < 4.78 is 0. The maximum Gasteiger partial charge on any atom is 0.317 e. The van der Waals surface area contributed by atoms with Crippen LogP contribution in [-0.4, -0.2) is 67.7 Å². The molecule has 2 fully saturated rings. The molecule has 1 aromatic rings. The molecule has 2 aliphatic rings. The first-order valence-corrected chi connectivity index (χ1v) is 12.2. The fourth-order valence-electron chi connectivity index (χ4n) is 4.69. The van der Waals surface area contributed by atoms with Crippen LogP contribution in [0.25, 0.3) is 0 Å². The van der Waals surface area contributed by atoms with Gasteiger partial charge in [0, 0.05) is 45.3 Å². The van der Waals surface area contributed by atoms with Gasteiger partial charge in [0.15, 0.2) is 0 Å². The number of anilines is 1. The molecule has 1 N–H and O–H groups in total. The molecule has 3 rings (SSSR count). The van der Waals surface area contributed by atoms with Crippen molar-refractivity contribution in [3.8, 4) is 0 Å².